The van der Waals surface area contributed by atoms with Crippen molar-refractivity contribution in [3.05, 3.63) is 52.5 Å². The smallest absolute Gasteiger partial charge is 0.231 e. The second-order valence-corrected chi connectivity index (χ2v) is 5.59. The highest BCUT2D eigenvalue weighted by Crippen LogP contribution is 2.27. The van der Waals surface area contributed by atoms with Gasteiger partial charge in [-0.15, -0.1) is 11.3 Å². The Labute approximate surface area is 111 Å². The highest BCUT2D eigenvalue weighted by atomic mass is 32.1. The van der Waals surface area contributed by atoms with Crippen molar-refractivity contribution < 1.29 is 4.79 Å². The first-order valence-electron chi connectivity index (χ1n) is 5.82. The number of hydrogen-bond acceptors (Lipinski definition) is 3. The van der Waals surface area contributed by atoms with Gasteiger partial charge in [-0.3, -0.25) is 9.78 Å². The van der Waals surface area contributed by atoms with Crippen molar-refractivity contribution in [3.63, 3.8) is 0 Å². The number of aromatic nitrogens is 1. The summed E-state index contributed by atoms with van der Waals surface area (Å²) in [6.07, 6.45) is 3.46. The van der Waals surface area contributed by atoms with E-state index in [1.54, 1.807) is 23.7 Å². The van der Waals surface area contributed by atoms with Crippen molar-refractivity contribution in [2.75, 3.05) is 0 Å². The van der Waals surface area contributed by atoms with Crippen LogP contribution in [0.1, 0.15) is 24.3 Å². The summed E-state index contributed by atoms with van der Waals surface area (Å²) in [5.41, 5.74) is 0.571. The maximum atomic E-state index is 12.2. The molecule has 0 spiro atoms. The number of pyridine rings is 1. The Morgan fingerprint density at radius 2 is 2.06 bits per heavy atom. The van der Waals surface area contributed by atoms with Gasteiger partial charge in [-0.2, -0.15) is 0 Å². The third-order valence-electron chi connectivity index (χ3n) is 2.91. The number of carbonyl (C=O) groups excluding carboxylic acids is 1. The molecule has 18 heavy (non-hydrogen) atoms. The fraction of sp³-hybridized carbons (Fsp3) is 0.286. The second-order valence-electron chi connectivity index (χ2n) is 4.64. The largest absolute Gasteiger partial charge is 0.351 e. The van der Waals surface area contributed by atoms with Crippen molar-refractivity contribution in [2.45, 2.75) is 25.8 Å². The molecule has 0 radical (unpaired) electrons. The Morgan fingerprint density at radius 3 is 2.67 bits per heavy atom. The summed E-state index contributed by atoms with van der Waals surface area (Å²) in [5, 5.41) is 4.96. The van der Waals surface area contributed by atoms with E-state index in [-0.39, 0.29) is 5.91 Å². The number of nitrogens with zero attached hydrogens (tertiary/aromatic N) is 1. The molecule has 1 N–H and O–H groups in total. The first kappa shape index (κ1) is 12.8. The summed E-state index contributed by atoms with van der Waals surface area (Å²) < 4.78 is 0. The minimum absolute atomic E-state index is 0.0433. The van der Waals surface area contributed by atoms with Crippen LogP contribution in [0.5, 0.6) is 0 Å². The molecule has 0 unspecified atom stereocenters. The molecule has 0 aliphatic rings. The highest BCUT2D eigenvalue weighted by Gasteiger charge is 2.30. The van der Waals surface area contributed by atoms with Gasteiger partial charge in [-0.05, 0) is 43.0 Å². The van der Waals surface area contributed by atoms with E-state index < -0.39 is 5.41 Å². The fourth-order valence-electron chi connectivity index (χ4n) is 1.65. The van der Waals surface area contributed by atoms with E-state index in [4.69, 9.17) is 0 Å². The molecule has 3 nitrogen and oxygen atoms in total. The van der Waals surface area contributed by atoms with Crippen molar-refractivity contribution in [1.29, 1.82) is 0 Å². The normalized spacial score (nSPS) is 11.2. The lowest BCUT2D eigenvalue weighted by atomic mass is 9.90. The van der Waals surface area contributed by atoms with Gasteiger partial charge in [0.1, 0.15) is 0 Å². The molecular formula is C14H16N2OS. The van der Waals surface area contributed by atoms with Gasteiger partial charge in [-0.25, -0.2) is 0 Å². The molecule has 0 aliphatic heterocycles. The lowest BCUT2D eigenvalue weighted by Gasteiger charge is -2.22. The Morgan fingerprint density at radius 1 is 1.33 bits per heavy atom. The van der Waals surface area contributed by atoms with Crippen LogP contribution in [0.2, 0.25) is 0 Å². The van der Waals surface area contributed by atoms with Gasteiger partial charge < -0.3 is 5.32 Å². The van der Waals surface area contributed by atoms with Gasteiger partial charge in [0, 0.05) is 23.8 Å². The van der Waals surface area contributed by atoms with Crippen molar-refractivity contribution >= 4 is 17.2 Å². The highest BCUT2D eigenvalue weighted by molar-refractivity contribution is 7.10. The number of hydrogen-bond donors (Lipinski definition) is 1. The van der Waals surface area contributed by atoms with Crippen LogP contribution < -0.4 is 5.32 Å². The Hall–Kier alpha value is -1.68. The molecule has 0 aliphatic carbocycles. The van der Waals surface area contributed by atoms with E-state index in [9.17, 15) is 4.79 Å². The quantitative estimate of drug-likeness (QED) is 0.918. The Bertz CT molecular complexity index is 506. The average molecular weight is 260 g/mol. The molecule has 0 bridgehead atoms. The topological polar surface area (TPSA) is 42.0 Å². The Kier molecular flexibility index (Phi) is 3.77. The van der Waals surface area contributed by atoms with Crippen LogP contribution in [0.4, 0.5) is 0 Å². The number of carbonyl (C=O) groups is 1. The predicted molar refractivity (Wildman–Crippen MR) is 73.4 cm³/mol. The zero-order valence-corrected chi connectivity index (χ0v) is 11.3. The van der Waals surface area contributed by atoms with Gasteiger partial charge in [0.15, 0.2) is 0 Å². The van der Waals surface area contributed by atoms with Crippen LogP contribution in [0.25, 0.3) is 0 Å². The van der Waals surface area contributed by atoms with E-state index in [2.05, 4.69) is 10.3 Å². The number of nitrogens with one attached hydrogen (secondary N) is 1. The van der Waals surface area contributed by atoms with Crippen LogP contribution >= 0.6 is 11.3 Å². The zero-order valence-electron chi connectivity index (χ0n) is 10.5. The predicted octanol–water partition coefficient (Wildman–Crippen LogP) is 2.74. The van der Waals surface area contributed by atoms with Crippen LogP contribution in [-0.4, -0.2) is 10.9 Å². The third kappa shape index (κ3) is 2.76. The fourth-order valence-corrected chi connectivity index (χ4v) is 2.50. The van der Waals surface area contributed by atoms with E-state index >= 15 is 0 Å². The molecule has 0 fully saturated rings. The van der Waals surface area contributed by atoms with E-state index in [1.165, 1.54) is 0 Å². The SMILES string of the molecule is CC(C)(C(=O)NCc1ccncc1)c1cccs1. The van der Waals surface area contributed by atoms with Gasteiger partial charge in [0.05, 0.1) is 5.41 Å². The van der Waals surface area contributed by atoms with Gasteiger partial charge >= 0.3 is 0 Å². The second kappa shape index (κ2) is 5.31. The third-order valence-corrected chi connectivity index (χ3v) is 4.10. The Balaban J connectivity index is 2.00. The first-order chi connectivity index (χ1) is 8.60. The maximum Gasteiger partial charge on any atom is 0.231 e. The molecular weight excluding hydrogens is 244 g/mol. The molecule has 4 heteroatoms. The van der Waals surface area contributed by atoms with Crippen LogP contribution in [0, 0.1) is 0 Å². The number of rotatable bonds is 4. The summed E-state index contributed by atoms with van der Waals surface area (Å²) in [6.45, 7) is 4.43. The number of thiophene rings is 1. The van der Waals surface area contributed by atoms with Crippen LogP contribution in [0.3, 0.4) is 0 Å². The zero-order chi connectivity index (χ0) is 13.0. The van der Waals surface area contributed by atoms with Gasteiger partial charge in [-0.1, -0.05) is 6.07 Å². The summed E-state index contributed by atoms with van der Waals surface area (Å²) >= 11 is 1.61. The van der Waals surface area contributed by atoms with Gasteiger partial charge in [0.2, 0.25) is 5.91 Å². The molecule has 0 saturated carbocycles. The van der Waals surface area contributed by atoms with E-state index in [0.717, 1.165) is 10.4 Å². The molecule has 2 rings (SSSR count). The first-order valence-corrected chi connectivity index (χ1v) is 6.70. The summed E-state index contributed by atoms with van der Waals surface area (Å²) in [4.78, 5) is 17.2. The molecule has 0 saturated heterocycles. The average Bonchev–Trinajstić information content (AvgIpc) is 2.91. The van der Waals surface area contributed by atoms with Crippen LogP contribution in [-0.2, 0) is 16.8 Å². The monoisotopic (exact) mass is 260 g/mol. The maximum absolute atomic E-state index is 12.2. The van der Waals surface area contributed by atoms with Crippen molar-refractivity contribution in [1.82, 2.24) is 10.3 Å². The molecule has 94 valence electrons. The van der Waals surface area contributed by atoms with Gasteiger partial charge in [0.25, 0.3) is 0 Å². The minimum Gasteiger partial charge on any atom is -0.351 e. The van der Waals surface area contributed by atoms with Crippen molar-refractivity contribution in [3.8, 4) is 0 Å². The van der Waals surface area contributed by atoms with Crippen molar-refractivity contribution in [2.24, 2.45) is 0 Å². The van der Waals surface area contributed by atoms with E-state index in [1.807, 2.05) is 43.5 Å². The molecule has 0 atom stereocenters. The summed E-state index contributed by atoms with van der Waals surface area (Å²) in [7, 11) is 0. The molecule has 2 aromatic heterocycles. The molecule has 1 amide bonds. The molecule has 2 heterocycles. The van der Waals surface area contributed by atoms with Crippen LogP contribution in [0.15, 0.2) is 42.0 Å². The lowest BCUT2D eigenvalue weighted by Crippen LogP contribution is -2.39. The molecule has 2 aromatic rings. The minimum atomic E-state index is -0.485. The summed E-state index contributed by atoms with van der Waals surface area (Å²) in [5.74, 6) is 0.0433. The molecule has 0 aromatic carbocycles. The lowest BCUT2D eigenvalue weighted by molar-refractivity contribution is -0.125. The number of amides is 1. The summed E-state index contributed by atoms with van der Waals surface area (Å²) in [6, 6.07) is 7.77. The van der Waals surface area contributed by atoms with E-state index in [0.29, 0.717) is 6.54 Å². The standard InChI is InChI=1S/C14H16N2OS/c1-14(2,12-4-3-9-18-12)13(17)16-10-11-5-7-15-8-6-11/h3-9H,10H2,1-2H3,(H,16,17).